The van der Waals surface area contributed by atoms with Gasteiger partial charge in [0.1, 0.15) is 0 Å². The van der Waals surface area contributed by atoms with Gasteiger partial charge >= 0.3 is 6.09 Å². The summed E-state index contributed by atoms with van der Waals surface area (Å²) in [5.74, 6) is -0.0314. The highest BCUT2D eigenvalue weighted by atomic mass is 16.6. The van der Waals surface area contributed by atoms with Crippen LogP contribution in [0, 0.1) is 0 Å². The van der Waals surface area contributed by atoms with Gasteiger partial charge in [-0.3, -0.25) is 9.59 Å². The molecule has 0 spiro atoms. The van der Waals surface area contributed by atoms with Crippen molar-refractivity contribution >= 4 is 17.9 Å². The van der Waals surface area contributed by atoms with Gasteiger partial charge < -0.3 is 25.2 Å². The first-order chi connectivity index (χ1) is 10.6. The molecule has 3 N–H and O–H groups in total. The molecule has 22 heavy (non-hydrogen) atoms. The van der Waals surface area contributed by atoms with Gasteiger partial charge in [0, 0.05) is 19.1 Å². The molecule has 0 radical (unpaired) electrons. The molecule has 0 aromatic heterocycles. The Labute approximate surface area is 130 Å². The average molecular weight is 313 g/mol. The number of rotatable bonds is 4. The monoisotopic (exact) mass is 313 g/mol. The Balaban J connectivity index is 1.68. The highest BCUT2D eigenvalue weighted by Crippen LogP contribution is 2.11. The van der Waals surface area contributed by atoms with Crippen LogP contribution in [0.15, 0.2) is 0 Å². The molecule has 0 aromatic carbocycles. The van der Waals surface area contributed by atoms with Crippen molar-refractivity contribution in [1.29, 1.82) is 0 Å². The number of amides is 3. The summed E-state index contributed by atoms with van der Waals surface area (Å²) >= 11 is 0. The normalized spacial score (nSPS) is 22.9. The number of piperazine rings is 1. The SMILES string of the molecule is CCOC(=O)N1CCC(NC(=O)C[NH+]2CCNC(=O)C2)CC1. The third-order valence-electron chi connectivity index (χ3n) is 4.01. The van der Waals surface area contributed by atoms with Crippen LogP contribution in [0.25, 0.3) is 0 Å². The van der Waals surface area contributed by atoms with Crippen molar-refractivity contribution in [3.05, 3.63) is 0 Å². The van der Waals surface area contributed by atoms with Crippen LogP contribution in [-0.2, 0) is 14.3 Å². The Morgan fingerprint density at radius 1 is 1.41 bits per heavy atom. The molecule has 2 aliphatic rings. The Morgan fingerprint density at radius 2 is 2.14 bits per heavy atom. The number of carbonyl (C=O) groups is 3. The highest BCUT2D eigenvalue weighted by Gasteiger charge is 2.27. The quantitative estimate of drug-likeness (QED) is 0.546. The second-order valence-corrected chi connectivity index (χ2v) is 5.73. The first-order valence-corrected chi connectivity index (χ1v) is 7.89. The number of carbonyl (C=O) groups excluding carboxylic acids is 3. The van der Waals surface area contributed by atoms with E-state index >= 15 is 0 Å². The van der Waals surface area contributed by atoms with E-state index in [0.29, 0.717) is 39.3 Å². The minimum absolute atomic E-state index is 0.00297. The van der Waals surface area contributed by atoms with Gasteiger partial charge in [0.25, 0.3) is 11.8 Å². The molecule has 8 heteroatoms. The number of nitrogens with one attached hydrogen (secondary N) is 3. The topological polar surface area (TPSA) is 92.2 Å². The van der Waals surface area contributed by atoms with Gasteiger partial charge in [0.05, 0.1) is 19.7 Å². The van der Waals surface area contributed by atoms with Crippen LogP contribution in [0.4, 0.5) is 4.79 Å². The number of nitrogens with zero attached hydrogens (tertiary/aromatic N) is 1. The second-order valence-electron chi connectivity index (χ2n) is 5.73. The minimum Gasteiger partial charge on any atom is -0.450 e. The van der Waals surface area contributed by atoms with Crippen LogP contribution in [0.1, 0.15) is 19.8 Å². The lowest BCUT2D eigenvalue weighted by Crippen LogP contribution is -3.16. The molecular weight excluding hydrogens is 288 g/mol. The summed E-state index contributed by atoms with van der Waals surface area (Å²) in [6.07, 6.45) is 1.19. The molecule has 1 unspecified atom stereocenters. The molecule has 2 heterocycles. The maximum atomic E-state index is 12.0. The number of quaternary nitrogens is 1. The van der Waals surface area contributed by atoms with Crippen LogP contribution in [-0.4, -0.2) is 74.7 Å². The lowest BCUT2D eigenvalue weighted by molar-refractivity contribution is -0.885. The predicted octanol–water partition coefficient (Wildman–Crippen LogP) is -2.26. The van der Waals surface area contributed by atoms with E-state index in [-0.39, 0.29) is 23.9 Å². The fraction of sp³-hybridized carbons (Fsp3) is 0.786. The zero-order valence-corrected chi connectivity index (χ0v) is 13.0. The smallest absolute Gasteiger partial charge is 0.409 e. The molecule has 1 atom stereocenters. The molecule has 2 aliphatic heterocycles. The van der Waals surface area contributed by atoms with Gasteiger partial charge in [-0.05, 0) is 19.8 Å². The Kier molecular flexibility index (Phi) is 6.00. The summed E-state index contributed by atoms with van der Waals surface area (Å²) in [7, 11) is 0. The maximum absolute atomic E-state index is 12.0. The zero-order chi connectivity index (χ0) is 15.9. The molecule has 124 valence electrons. The summed E-state index contributed by atoms with van der Waals surface area (Å²) in [6.45, 7) is 5.45. The molecule has 8 nitrogen and oxygen atoms in total. The molecule has 0 aromatic rings. The predicted molar refractivity (Wildman–Crippen MR) is 78.3 cm³/mol. The van der Waals surface area contributed by atoms with E-state index in [4.69, 9.17) is 4.74 Å². The molecule has 2 fully saturated rings. The van der Waals surface area contributed by atoms with Crippen LogP contribution in [0.2, 0.25) is 0 Å². The van der Waals surface area contributed by atoms with Crippen LogP contribution >= 0.6 is 0 Å². The van der Waals surface area contributed by atoms with Gasteiger partial charge in [-0.1, -0.05) is 0 Å². The summed E-state index contributed by atoms with van der Waals surface area (Å²) in [5, 5.41) is 5.75. The first kappa shape index (κ1) is 16.5. The van der Waals surface area contributed by atoms with Crippen molar-refractivity contribution in [2.75, 3.05) is 45.9 Å². The molecule has 3 amide bonds. The number of piperidine rings is 1. The van der Waals surface area contributed by atoms with Crippen molar-refractivity contribution in [2.24, 2.45) is 0 Å². The summed E-state index contributed by atoms with van der Waals surface area (Å²) < 4.78 is 4.97. The van der Waals surface area contributed by atoms with E-state index in [0.717, 1.165) is 24.3 Å². The largest absolute Gasteiger partial charge is 0.450 e. The molecule has 0 aliphatic carbocycles. The summed E-state index contributed by atoms with van der Waals surface area (Å²) in [5.41, 5.74) is 0. The fourth-order valence-corrected chi connectivity index (χ4v) is 2.83. The van der Waals surface area contributed by atoms with Gasteiger partial charge in [-0.25, -0.2) is 4.79 Å². The van der Waals surface area contributed by atoms with E-state index < -0.39 is 0 Å². The van der Waals surface area contributed by atoms with Crippen molar-refractivity contribution in [3.63, 3.8) is 0 Å². The van der Waals surface area contributed by atoms with Gasteiger partial charge in [-0.15, -0.1) is 0 Å². The Hall–Kier alpha value is -1.83. The fourth-order valence-electron chi connectivity index (χ4n) is 2.83. The Bertz CT molecular complexity index is 421. The minimum atomic E-state index is -0.281. The number of ether oxygens (including phenoxy) is 1. The molecule has 2 rings (SSSR count). The van der Waals surface area contributed by atoms with Crippen LogP contribution in [0.5, 0.6) is 0 Å². The van der Waals surface area contributed by atoms with Crippen molar-refractivity contribution in [1.82, 2.24) is 15.5 Å². The van der Waals surface area contributed by atoms with Gasteiger partial charge in [0.2, 0.25) is 0 Å². The lowest BCUT2D eigenvalue weighted by atomic mass is 10.1. The number of likely N-dealkylation sites (tertiary alicyclic amines) is 1. The second kappa shape index (κ2) is 7.98. The molecule has 0 saturated carbocycles. The third-order valence-corrected chi connectivity index (χ3v) is 4.01. The van der Waals surface area contributed by atoms with Crippen molar-refractivity contribution in [2.45, 2.75) is 25.8 Å². The molecule has 2 saturated heterocycles. The first-order valence-electron chi connectivity index (χ1n) is 7.89. The average Bonchev–Trinajstić information content (AvgIpc) is 2.48. The van der Waals surface area contributed by atoms with E-state index in [1.54, 1.807) is 11.8 Å². The maximum Gasteiger partial charge on any atom is 0.409 e. The third kappa shape index (κ3) is 4.87. The molecule has 0 bridgehead atoms. The van der Waals surface area contributed by atoms with Crippen molar-refractivity contribution in [3.8, 4) is 0 Å². The number of hydrogen-bond donors (Lipinski definition) is 3. The van der Waals surface area contributed by atoms with E-state index in [9.17, 15) is 14.4 Å². The van der Waals surface area contributed by atoms with E-state index in [1.807, 2.05) is 0 Å². The van der Waals surface area contributed by atoms with Gasteiger partial charge in [0.15, 0.2) is 13.1 Å². The van der Waals surface area contributed by atoms with Crippen LogP contribution < -0.4 is 15.5 Å². The van der Waals surface area contributed by atoms with Gasteiger partial charge in [-0.2, -0.15) is 0 Å². The van der Waals surface area contributed by atoms with E-state index in [2.05, 4.69) is 10.6 Å². The summed E-state index contributed by atoms with van der Waals surface area (Å²) in [6, 6.07) is 0.0937. The Morgan fingerprint density at radius 3 is 2.77 bits per heavy atom. The summed E-state index contributed by atoms with van der Waals surface area (Å²) in [4.78, 5) is 37.6. The standard InChI is InChI=1S/C14H24N4O4/c1-2-22-14(21)18-6-3-11(4-7-18)16-13(20)10-17-8-5-15-12(19)9-17/h11H,2-10H2,1H3,(H,15,19)(H,16,20)/p+1. The molecular formula is C14H25N4O4+. The van der Waals surface area contributed by atoms with Crippen LogP contribution in [0.3, 0.4) is 0 Å². The van der Waals surface area contributed by atoms with E-state index in [1.165, 1.54) is 0 Å². The van der Waals surface area contributed by atoms with Crippen molar-refractivity contribution < 1.29 is 24.0 Å². The lowest BCUT2D eigenvalue weighted by Gasteiger charge is -2.32. The highest BCUT2D eigenvalue weighted by molar-refractivity contribution is 5.79. The zero-order valence-electron chi connectivity index (χ0n) is 13.0. The number of hydrogen-bond acceptors (Lipinski definition) is 4.